The molecule has 14 rings (SSSR count). The number of fused-ring (bicyclic) bond motifs is 4. The first-order valence-electron chi connectivity index (χ1n) is 38.2. The van der Waals surface area contributed by atoms with Gasteiger partial charge in [-0.3, -0.25) is 24.0 Å². The topological polar surface area (TPSA) is 430 Å². The van der Waals surface area contributed by atoms with Crippen LogP contribution in [0.15, 0.2) is 131 Å². The van der Waals surface area contributed by atoms with Crippen LogP contribution in [0.5, 0.6) is 0 Å². The Bertz CT molecular complexity index is 5940. The number of carbonyl (C=O) groups excluding carboxylic acids is 11. The van der Waals surface area contributed by atoms with Crippen molar-refractivity contribution in [2.75, 3.05) is 62.0 Å². The van der Waals surface area contributed by atoms with Crippen LogP contribution in [-0.2, 0) is 79.9 Å². The fourth-order valence-electron chi connectivity index (χ4n) is 13.7. The van der Waals surface area contributed by atoms with Crippen molar-refractivity contribution in [2.24, 2.45) is 11.8 Å². The van der Waals surface area contributed by atoms with E-state index in [1.54, 1.807) is 48.9 Å². The van der Waals surface area contributed by atoms with Crippen molar-refractivity contribution >= 4 is 154 Å². The van der Waals surface area contributed by atoms with Crippen LogP contribution in [0, 0.1) is 23.5 Å². The number of aromatic nitrogens is 8. The Kier molecular flexibility index (Phi) is 31.3. The third-order valence-electron chi connectivity index (χ3n) is 20.0. The average molecular weight is 1790 g/mol. The van der Waals surface area contributed by atoms with E-state index in [0.29, 0.717) is 56.9 Å². The molecule has 10 heterocycles. The molecule has 10 atom stereocenters. The number of esters is 6. The minimum absolute atomic E-state index is 0.0197. The molecule has 4 aromatic carbocycles. The predicted molar refractivity (Wildman–Crippen MR) is 442 cm³/mol. The van der Waals surface area contributed by atoms with Crippen molar-refractivity contribution in [3.63, 3.8) is 0 Å². The Labute approximate surface area is 720 Å². The average Bonchev–Trinajstić information content (AvgIpc) is 1.59. The van der Waals surface area contributed by atoms with Crippen molar-refractivity contribution in [1.29, 1.82) is 0 Å². The first-order chi connectivity index (χ1) is 59.5. The fraction of sp³-hybridized carbons (Fsp3) is 0.345. The lowest BCUT2D eigenvalue weighted by atomic mass is 9.82. The maximum atomic E-state index is 13.8. The van der Waals surface area contributed by atoms with Gasteiger partial charge in [-0.1, -0.05) is 64.1 Å². The van der Waals surface area contributed by atoms with Gasteiger partial charge in [0.1, 0.15) is 42.7 Å². The number of methoxy groups -OCH3 is 5. The van der Waals surface area contributed by atoms with E-state index in [0.717, 1.165) is 62.7 Å². The summed E-state index contributed by atoms with van der Waals surface area (Å²) < 4.78 is 95.2. The van der Waals surface area contributed by atoms with Crippen LogP contribution < -0.4 is 0 Å². The lowest BCUT2D eigenvalue weighted by Crippen LogP contribution is -2.55. The van der Waals surface area contributed by atoms with Crippen molar-refractivity contribution in [2.45, 2.75) is 117 Å². The summed E-state index contributed by atoms with van der Waals surface area (Å²) >= 11 is 4.11. The normalized spacial score (nSPS) is 18.5. The second kappa shape index (κ2) is 41.9. The van der Waals surface area contributed by atoms with E-state index in [9.17, 15) is 76.8 Å². The Balaban J connectivity index is 0.000000161. The number of halogens is 2. The molecule has 0 spiro atoms. The summed E-state index contributed by atoms with van der Waals surface area (Å²) in [6, 6.07) is 22.4. The molecule has 8 aromatic heterocycles. The maximum Gasteiger partial charge on any atom is 0.510 e. The lowest BCUT2D eigenvalue weighted by Gasteiger charge is -2.44. The van der Waals surface area contributed by atoms with Gasteiger partial charge in [0.15, 0.2) is 68.7 Å². The molecule has 34 nitrogen and oxygen atoms in total. The first kappa shape index (κ1) is 92.6. The molecule has 124 heavy (non-hydrogen) atoms. The fourth-order valence-corrected chi connectivity index (χ4v) is 16.6. The Morgan fingerprint density at radius 3 is 1.26 bits per heavy atom. The van der Waals surface area contributed by atoms with Crippen LogP contribution in [0.3, 0.4) is 0 Å². The highest BCUT2D eigenvalue weighted by Gasteiger charge is 2.46. The Morgan fingerprint density at radius 2 is 0.855 bits per heavy atom. The summed E-state index contributed by atoms with van der Waals surface area (Å²) in [7, 11) is 6.45. The van der Waals surface area contributed by atoms with Crippen molar-refractivity contribution in [3.8, 4) is 0 Å². The third kappa shape index (κ3) is 20.7. The monoisotopic (exact) mass is 1790 g/mol. The van der Waals surface area contributed by atoms with Crippen LogP contribution in [0.2, 0.25) is 0 Å². The molecule has 654 valence electrons. The number of rotatable bonds is 27. The summed E-state index contributed by atoms with van der Waals surface area (Å²) in [5.41, 5.74) is 3.51. The zero-order valence-electron chi connectivity index (χ0n) is 68.3. The molecular weight excluding hydrogens is 1700 g/mol. The van der Waals surface area contributed by atoms with Gasteiger partial charge in [0, 0.05) is 87.8 Å². The number of hydrogen-bond donors (Lipinski definition) is 3. The second-order valence-corrected chi connectivity index (χ2v) is 31.0. The summed E-state index contributed by atoms with van der Waals surface area (Å²) in [6.07, 6.45) is -0.286. The smallest absolute Gasteiger partial charge is 0.464 e. The minimum atomic E-state index is -1.40. The Hall–Kier alpha value is -12.1. The summed E-state index contributed by atoms with van der Waals surface area (Å²) in [4.78, 5) is 151. The molecule has 12 aromatic rings. The van der Waals surface area contributed by atoms with E-state index in [1.807, 2.05) is 28.8 Å². The third-order valence-corrected chi connectivity index (χ3v) is 23.4. The molecule has 2 aliphatic rings. The molecule has 0 aliphatic carbocycles. The second-order valence-electron chi connectivity index (χ2n) is 27.6. The summed E-state index contributed by atoms with van der Waals surface area (Å²) in [5, 5.41) is 39.6. The highest BCUT2D eigenvalue weighted by Crippen LogP contribution is 2.43. The highest BCUT2D eigenvalue weighted by molar-refractivity contribution is 7.13. The molecule has 40 heteroatoms. The predicted octanol–water partition coefficient (Wildman–Crippen LogP) is 11.9. The number of benzene rings is 4. The number of aliphatic hydroxyl groups is 3. The van der Waals surface area contributed by atoms with Crippen LogP contribution in [0.25, 0.3) is 43.6 Å². The largest absolute Gasteiger partial charge is 0.510 e. The van der Waals surface area contributed by atoms with Gasteiger partial charge >= 0.3 is 42.0 Å². The van der Waals surface area contributed by atoms with Crippen molar-refractivity contribution in [1.82, 2.24) is 38.2 Å². The number of aliphatic hydroxyl groups excluding tert-OH is 3. The lowest BCUT2D eigenvalue weighted by molar-refractivity contribution is -0.244. The van der Waals surface area contributed by atoms with Gasteiger partial charge in [-0.05, 0) is 74.2 Å². The highest BCUT2D eigenvalue weighted by atomic mass is 32.1. The van der Waals surface area contributed by atoms with Crippen LogP contribution >= 0.6 is 45.3 Å². The van der Waals surface area contributed by atoms with Gasteiger partial charge in [0.05, 0.1) is 105 Å². The van der Waals surface area contributed by atoms with E-state index in [2.05, 4.69) is 54.9 Å². The van der Waals surface area contributed by atoms with Gasteiger partial charge in [-0.2, -0.15) is 0 Å². The van der Waals surface area contributed by atoms with E-state index in [1.165, 1.54) is 128 Å². The molecule has 0 saturated carbocycles. The molecular formula is C84H84F2N8O26S4. The number of ketones is 4. The Morgan fingerprint density at radius 1 is 0.460 bits per heavy atom. The number of ether oxygens (including phenoxy) is 12. The first-order valence-corrected chi connectivity index (χ1v) is 41.7. The number of thiazole rings is 4. The maximum absolute atomic E-state index is 13.8. The molecule has 2 aliphatic heterocycles. The molecule has 2 saturated heterocycles. The number of nitrogens with zero attached hydrogens (tertiary/aromatic N) is 8. The quantitative estimate of drug-likeness (QED) is 0.0186. The van der Waals surface area contributed by atoms with Crippen molar-refractivity contribution in [3.05, 3.63) is 208 Å². The number of hydrogen-bond acceptors (Lipinski definition) is 34. The standard InChI is InChI=1S/C25H28N2O6S.C21H22N2O7S.C20H19FN2O7S.C18H15FN2O6S/c1-6-20-13(2)14(3)22(32-15(4)28)24(33-20)27-11-17(16-9-7-8-10-19(16)27)21(29)23-26-18(12-34-23)25(30)31-5;1-3-14-16(25)17(26)18(27)20(30-14)23-8-11(10-6-4-5-7-13(10)23)15(24)19-22-12(9-31-19)21(28)29-2;1-27-5-6-29-9-17(24)30-11-23-8-14(13-4-3-12(21)7-16(13)23)18(25)19-22-15(10-31-19)20(26)28-2;1-3-26-18(24)27-9-21-7-12(11-5-4-10(19)6-14(11)21)15(22)16-20-13(8-28-16)17(23)25-2/h7-14,20,22,24H,6H2,1-5H3;4-9,14,16-18,20,25-27H,3H2,1-2H3;3-4,7-8,10H,5-6,9,11H2,1-2H3;4-8H,3,9H2,1-2H3. The molecule has 2 fully saturated rings. The molecule has 0 amide bonds. The zero-order valence-corrected chi connectivity index (χ0v) is 71.6. The SMILES string of the molecule is CCC1OC(n2cc(C(=O)c3nc(C(=O)OC)cs3)c3ccccc32)C(O)C(O)C1O.CCC1OC(n2cc(C(=O)c3nc(C(=O)OC)cs3)c3ccccc32)C(OC(C)=O)C(C)C1C.CCOC(=O)OCn1cc(C(=O)c2nc(C(=O)OC)cs2)c2ccc(F)cc21.COCCOCC(=O)OCn1cc(C(=O)c2nc(C(=O)OC)cs2)c2ccc(F)cc21. The van der Waals surface area contributed by atoms with E-state index in [4.69, 9.17) is 42.6 Å². The van der Waals surface area contributed by atoms with Gasteiger partial charge in [0.2, 0.25) is 23.1 Å². The number of carbonyl (C=O) groups is 11. The van der Waals surface area contributed by atoms with Gasteiger partial charge in [-0.25, -0.2) is 57.5 Å². The van der Waals surface area contributed by atoms with Gasteiger partial charge < -0.3 is 90.4 Å². The summed E-state index contributed by atoms with van der Waals surface area (Å²) in [5.74, 6) is -5.90. The molecule has 10 unspecified atom stereocenters. The van der Waals surface area contributed by atoms with Gasteiger partial charge in [-0.15, -0.1) is 45.3 Å². The van der Waals surface area contributed by atoms with Crippen LogP contribution in [-0.4, -0.2) is 217 Å². The minimum Gasteiger partial charge on any atom is -0.464 e. The van der Waals surface area contributed by atoms with E-state index < -0.39 is 108 Å². The molecule has 3 N–H and O–H groups in total. The number of para-hydroxylation sites is 2. The molecule has 0 radical (unpaired) electrons. The summed E-state index contributed by atoms with van der Waals surface area (Å²) in [6.45, 7) is 11.0. The molecule has 0 bridgehead atoms. The van der Waals surface area contributed by atoms with E-state index in [-0.39, 0.29) is 117 Å². The van der Waals surface area contributed by atoms with Crippen LogP contribution in [0.4, 0.5) is 13.6 Å². The van der Waals surface area contributed by atoms with E-state index >= 15 is 0 Å². The van der Waals surface area contributed by atoms with Crippen molar-refractivity contribution < 1.29 is 134 Å². The van der Waals surface area contributed by atoms with Crippen LogP contribution in [0.1, 0.15) is 170 Å². The van der Waals surface area contributed by atoms with Gasteiger partial charge in [0.25, 0.3) is 0 Å². The zero-order chi connectivity index (χ0) is 89.5.